The highest BCUT2D eigenvalue weighted by molar-refractivity contribution is 7.91. The summed E-state index contributed by atoms with van der Waals surface area (Å²) in [4.78, 5) is 10.8. The lowest BCUT2D eigenvalue weighted by Crippen LogP contribution is -2.10. The molecule has 4 nitrogen and oxygen atoms in total. The quantitative estimate of drug-likeness (QED) is 0.750. The number of primary amides is 1. The van der Waals surface area contributed by atoms with Crippen molar-refractivity contribution in [3.05, 3.63) is 30.3 Å². The van der Waals surface area contributed by atoms with Crippen LogP contribution in [0.5, 0.6) is 0 Å². The number of hydrogen-bond acceptors (Lipinski definition) is 3. The van der Waals surface area contributed by atoms with Gasteiger partial charge in [0.25, 0.3) is 0 Å². The van der Waals surface area contributed by atoms with Gasteiger partial charge in [0.05, 0.1) is 10.6 Å². The van der Waals surface area contributed by atoms with Gasteiger partial charge in [-0.05, 0) is 25.0 Å². The SMILES string of the molecule is NC(=O)CCCCCS(=O)(=O)c1ccccc1. The van der Waals surface area contributed by atoms with Gasteiger partial charge in [-0.2, -0.15) is 0 Å². The Morgan fingerprint density at radius 3 is 2.29 bits per heavy atom. The van der Waals surface area contributed by atoms with Crippen molar-refractivity contribution in [1.29, 1.82) is 0 Å². The van der Waals surface area contributed by atoms with E-state index in [0.717, 1.165) is 0 Å². The van der Waals surface area contributed by atoms with Gasteiger partial charge in [0, 0.05) is 6.42 Å². The van der Waals surface area contributed by atoms with Crippen LogP contribution >= 0.6 is 0 Å². The molecule has 17 heavy (non-hydrogen) atoms. The molecule has 0 saturated heterocycles. The molecule has 1 rings (SSSR count). The van der Waals surface area contributed by atoms with Gasteiger partial charge in [0.2, 0.25) is 5.91 Å². The molecule has 0 bridgehead atoms. The number of rotatable bonds is 7. The van der Waals surface area contributed by atoms with E-state index in [0.29, 0.717) is 30.6 Å². The second-order valence-electron chi connectivity index (χ2n) is 3.91. The molecular weight excluding hydrogens is 238 g/mol. The zero-order chi connectivity index (χ0) is 12.7. The molecule has 5 heteroatoms. The first kappa shape index (κ1) is 13.7. The number of sulfone groups is 1. The largest absolute Gasteiger partial charge is 0.370 e. The topological polar surface area (TPSA) is 77.2 Å². The number of carbonyl (C=O) groups is 1. The third-order valence-electron chi connectivity index (χ3n) is 2.44. The summed E-state index contributed by atoms with van der Waals surface area (Å²) in [5, 5.41) is 0. The lowest BCUT2D eigenvalue weighted by molar-refractivity contribution is -0.118. The molecule has 94 valence electrons. The summed E-state index contributed by atoms with van der Waals surface area (Å²) in [7, 11) is -3.18. The van der Waals surface area contributed by atoms with Crippen molar-refractivity contribution in [2.45, 2.75) is 30.6 Å². The van der Waals surface area contributed by atoms with Crippen LogP contribution in [0.4, 0.5) is 0 Å². The van der Waals surface area contributed by atoms with E-state index >= 15 is 0 Å². The fraction of sp³-hybridized carbons (Fsp3) is 0.417. The fourth-order valence-corrected chi connectivity index (χ4v) is 2.91. The molecule has 0 atom stereocenters. The normalized spacial score (nSPS) is 11.3. The summed E-state index contributed by atoms with van der Waals surface area (Å²) in [5.74, 6) is -0.216. The summed E-state index contributed by atoms with van der Waals surface area (Å²) >= 11 is 0. The molecule has 1 aromatic carbocycles. The molecule has 0 radical (unpaired) electrons. The third kappa shape index (κ3) is 4.99. The number of benzene rings is 1. The van der Waals surface area contributed by atoms with Crippen LogP contribution in [-0.2, 0) is 14.6 Å². The molecule has 1 amide bonds. The molecule has 1 aromatic rings. The Morgan fingerprint density at radius 2 is 1.71 bits per heavy atom. The minimum Gasteiger partial charge on any atom is -0.370 e. The predicted molar refractivity (Wildman–Crippen MR) is 66.2 cm³/mol. The highest BCUT2D eigenvalue weighted by Gasteiger charge is 2.12. The first-order valence-electron chi connectivity index (χ1n) is 5.58. The van der Waals surface area contributed by atoms with Crippen LogP contribution in [-0.4, -0.2) is 20.1 Å². The second kappa shape index (κ2) is 6.39. The average molecular weight is 255 g/mol. The minimum atomic E-state index is -3.18. The van der Waals surface area contributed by atoms with Gasteiger partial charge in [-0.25, -0.2) is 8.42 Å². The van der Waals surface area contributed by atoms with Crippen LogP contribution in [0.3, 0.4) is 0 Å². The van der Waals surface area contributed by atoms with Crippen LogP contribution < -0.4 is 5.73 Å². The second-order valence-corrected chi connectivity index (χ2v) is 6.02. The average Bonchev–Trinajstić information content (AvgIpc) is 2.29. The number of amides is 1. The van der Waals surface area contributed by atoms with E-state index in [1.54, 1.807) is 30.3 Å². The van der Waals surface area contributed by atoms with Crippen LogP contribution in [0.2, 0.25) is 0 Å². The van der Waals surface area contributed by atoms with Crippen LogP contribution in [0.15, 0.2) is 35.2 Å². The Morgan fingerprint density at radius 1 is 1.06 bits per heavy atom. The van der Waals surface area contributed by atoms with Crippen molar-refractivity contribution in [3.63, 3.8) is 0 Å². The van der Waals surface area contributed by atoms with Gasteiger partial charge >= 0.3 is 0 Å². The molecule has 0 aliphatic carbocycles. The highest BCUT2D eigenvalue weighted by atomic mass is 32.2. The van der Waals surface area contributed by atoms with Gasteiger partial charge in [-0.1, -0.05) is 24.6 Å². The van der Waals surface area contributed by atoms with E-state index in [1.165, 1.54) is 0 Å². The fourth-order valence-electron chi connectivity index (χ4n) is 1.51. The van der Waals surface area contributed by atoms with Crippen molar-refractivity contribution >= 4 is 15.7 Å². The standard InChI is InChI=1S/C12H17NO3S/c13-12(14)9-5-2-6-10-17(15,16)11-7-3-1-4-8-11/h1,3-4,7-8H,2,5-6,9-10H2,(H2,13,14). The molecule has 0 heterocycles. The maximum atomic E-state index is 11.8. The summed E-state index contributed by atoms with van der Waals surface area (Å²) in [6.45, 7) is 0. The van der Waals surface area contributed by atoms with Gasteiger partial charge in [0.1, 0.15) is 0 Å². The Bertz CT molecular complexity index is 454. The molecule has 0 aromatic heterocycles. The first-order chi connectivity index (χ1) is 8.02. The van der Waals surface area contributed by atoms with Gasteiger partial charge in [-0.3, -0.25) is 4.79 Å². The number of nitrogens with two attached hydrogens (primary N) is 1. The minimum absolute atomic E-state index is 0.121. The Labute approximate surface area is 102 Å². The number of hydrogen-bond donors (Lipinski definition) is 1. The lowest BCUT2D eigenvalue weighted by Gasteiger charge is -2.03. The number of unbranched alkanes of at least 4 members (excludes halogenated alkanes) is 2. The maximum Gasteiger partial charge on any atom is 0.217 e. The zero-order valence-electron chi connectivity index (χ0n) is 9.63. The summed E-state index contributed by atoms with van der Waals surface area (Å²) in [6, 6.07) is 8.39. The molecule has 2 N–H and O–H groups in total. The molecule has 0 unspecified atom stereocenters. The first-order valence-corrected chi connectivity index (χ1v) is 7.24. The maximum absolute atomic E-state index is 11.8. The highest BCUT2D eigenvalue weighted by Crippen LogP contribution is 2.12. The van der Waals surface area contributed by atoms with Crippen LogP contribution in [0.1, 0.15) is 25.7 Å². The van der Waals surface area contributed by atoms with Crippen molar-refractivity contribution in [3.8, 4) is 0 Å². The van der Waals surface area contributed by atoms with E-state index in [9.17, 15) is 13.2 Å². The Hall–Kier alpha value is -1.36. The molecule has 0 aliphatic rings. The zero-order valence-corrected chi connectivity index (χ0v) is 10.4. The van der Waals surface area contributed by atoms with E-state index in [-0.39, 0.29) is 11.7 Å². The summed E-state index contributed by atoms with van der Waals surface area (Å²) in [5.41, 5.74) is 4.99. The molecule has 0 fully saturated rings. The monoisotopic (exact) mass is 255 g/mol. The molecule has 0 spiro atoms. The van der Waals surface area contributed by atoms with Crippen molar-refractivity contribution in [1.82, 2.24) is 0 Å². The van der Waals surface area contributed by atoms with E-state index < -0.39 is 9.84 Å². The Kier molecular flexibility index (Phi) is 5.15. The lowest BCUT2D eigenvalue weighted by atomic mass is 10.2. The van der Waals surface area contributed by atoms with Crippen molar-refractivity contribution in [2.75, 3.05) is 5.75 Å². The van der Waals surface area contributed by atoms with E-state index in [2.05, 4.69) is 0 Å². The molecule has 0 aliphatic heterocycles. The van der Waals surface area contributed by atoms with E-state index in [1.807, 2.05) is 0 Å². The van der Waals surface area contributed by atoms with Gasteiger partial charge in [-0.15, -0.1) is 0 Å². The van der Waals surface area contributed by atoms with Crippen molar-refractivity contribution in [2.24, 2.45) is 5.73 Å². The van der Waals surface area contributed by atoms with Crippen LogP contribution in [0.25, 0.3) is 0 Å². The predicted octanol–water partition coefficient (Wildman–Crippen LogP) is 1.51. The Balaban J connectivity index is 2.39. The smallest absolute Gasteiger partial charge is 0.217 e. The van der Waals surface area contributed by atoms with E-state index in [4.69, 9.17) is 5.73 Å². The third-order valence-corrected chi connectivity index (χ3v) is 4.26. The van der Waals surface area contributed by atoms with Gasteiger partial charge < -0.3 is 5.73 Å². The van der Waals surface area contributed by atoms with Crippen LogP contribution in [0, 0.1) is 0 Å². The molecule has 0 saturated carbocycles. The van der Waals surface area contributed by atoms with Crippen molar-refractivity contribution < 1.29 is 13.2 Å². The molecular formula is C12H17NO3S. The summed E-state index contributed by atoms with van der Waals surface area (Å²) < 4.78 is 23.7. The number of carbonyl (C=O) groups excluding carboxylic acids is 1. The summed E-state index contributed by atoms with van der Waals surface area (Å²) in [6.07, 6.45) is 2.24. The van der Waals surface area contributed by atoms with Gasteiger partial charge in [0.15, 0.2) is 9.84 Å².